The lowest BCUT2D eigenvalue weighted by atomic mass is 10.2. The molecule has 0 unspecified atom stereocenters. The lowest BCUT2D eigenvalue weighted by Gasteiger charge is -2.26. The molecule has 1 aliphatic heterocycles. The van der Waals surface area contributed by atoms with Gasteiger partial charge in [-0.3, -0.25) is 9.69 Å². The summed E-state index contributed by atoms with van der Waals surface area (Å²) in [6, 6.07) is 5.85. The molecule has 0 saturated carbocycles. The van der Waals surface area contributed by atoms with Gasteiger partial charge in [-0.05, 0) is 51.1 Å². The number of nitrogens with zero attached hydrogens (tertiary/aromatic N) is 1. The fraction of sp³-hybridized carbons (Fsp3) is 0.533. The molecule has 1 N–H and O–H groups in total. The molecule has 1 aromatic carbocycles. The lowest BCUT2D eigenvalue weighted by molar-refractivity contribution is -0.120. The summed E-state index contributed by atoms with van der Waals surface area (Å²) in [4.78, 5) is 14.4. The van der Waals surface area contributed by atoms with Crippen LogP contribution in [0.15, 0.2) is 24.3 Å². The van der Waals surface area contributed by atoms with Crippen LogP contribution in [0.3, 0.4) is 0 Å². The number of rotatable bonds is 3. The van der Waals surface area contributed by atoms with Crippen molar-refractivity contribution < 1.29 is 9.18 Å². The third kappa shape index (κ3) is 4.03. The quantitative estimate of drug-likeness (QED) is 0.910. The molecule has 1 heterocycles. The van der Waals surface area contributed by atoms with Crippen molar-refractivity contribution >= 4 is 11.6 Å². The smallest absolute Gasteiger partial charge is 0.241 e. The van der Waals surface area contributed by atoms with Gasteiger partial charge in [0, 0.05) is 5.69 Å². The van der Waals surface area contributed by atoms with Crippen molar-refractivity contribution in [2.24, 2.45) is 0 Å². The molecule has 0 radical (unpaired) electrons. The highest BCUT2D eigenvalue weighted by atomic mass is 19.1. The lowest BCUT2D eigenvalue weighted by Crippen LogP contribution is -2.42. The maximum absolute atomic E-state index is 13.1. The Hall–Kier alpha value is -1.42. The molecular formula is C15H21FN2O. The van der Waals surface area contributed by atoms with E-state index in [1.165, 1.54) is 25.0 Å². The number of halogens is 1. The van der Waals surface area contributed by atoms with Crippen LogP contribution in [-0.2, 0) is 4.79 Å². The average Bonchev–Trinajstić information content (AvgIpc) is 2.66. The summed E-state index contributed by atoms with van der Waals surface area (Å²) in [7, 11) is 0. The van der Waals surface area contributed by atoms with Crippen molar-refractivity contribution in [3.8, 4) is 0 Å². The van der Waals surface area contributed by atoms with Gasteiger partial charge in [0.15, 0.2) is 0 Å². The van der Waals surface area contributed by atoms with Crippen LogP contribution in [0.25, 0.3) is 0 Å². The summed E-state index contributed by atoms with van der Waals surface area (Å²) in [6.07, 6.45) is 4.79. The number of nitrogens with one attached hydrogen (secondary N) is 1. The molecule has 4 heteroatoms. The summed E-state index contributed by atoms with van der Waals surface area (Å²) in [5, 5.41) is 2.78. The number of anilines is 1. The predicted octanol–water partition coefficient (Wildman–Crippen LogP) is 3.03. The van der Waals surface area contributed by atoms with Gasteiger partial charge in [-0.25, -0.2) is 4.39 Å². The summed E-state index contributed by atoms with van der Waals surface area (Å²) >= 11 is 0. The normalized spacial score (nSPS) is 18.6. The van der Waals surface area contributed by atoms with E-state index in [1.807, 2.05) is 6.92 Å². The van der Waals surface area contributed by atoms with E-state index in [-0.39, 0.29) is 17.8 Å². The highest BCUT2D eigenvalue weighted by molar-refractivity contribution is 5.94. The van der Waals surface area contributed by atoms with Gasteiger partial charge >= 0.3 is 0 Å². The molecule has 3 nitrogen and oxygen atoms in total. The van der Waals surface area contributed by atoms with Gasteiger partial charge in [0.25, 0.3) is 0 Å². The second-order valence-corrected chi connectivity index (χ2v) is 5.13. The third-order valence-corrected chi connectivity index (χ3v) is 3.66. The number of carbonyl (C=O) groups is 1. The first-order chi connectivity index (χ1) is 9.16. The monoisotopic (exact) mass is 264 g/mol. The standard InChI is InChI=1S/C15H21FN2O/c1-12(18-9-4-2-3-5-10-18)15(19)17-14-8-6-7-13(16)11-14/h6-8,11-12H,2-5,9-10H2,1H3,(H,17,19)/t12-/m0/s1. The molecule has 19 heavy (non-hydrogen) atoms. The second kappa shape index (κ2) is 6.66. The summed E-state index contributed by atoms with van der Waals surface area (Å²) in [6.45, 7) is 3.86. The largest absolute Gasteiger partial charge is 0.325 e. The van der Waals surface area contributed by atoms with Crippen LogP contribution < -0.4 is 5.32 Å². The van der Waals surface area contributed by atoms with Crippen molar-refractivity contribution in [2.45, 2.75) is 38.6 Å². The van der Waals surface area contributed by atoms with E-state index in [9.17, 15) is 9.18 Å². The average molecular weight is 264 g/mol. The molecule has 1 saturated heterocycles. The Morgan fingerprint density at radius 3 is 2.58 bits per heavy atom. The minimum absolute atomic E-state index is 0.0625. The van der Waals surface area contributed by atoms with Crippen LogP contribution in [0.2, 0.25) is 0 Å². The summed E-state index contributed by atoms with van der Waals surface area (Å²) < 4.78 is 13.1. The van der Waals surface area contributed by atoms with Gasteiger partial charge in [-0.1, -0.05) is 18.9 Å². The minimum Gasteiger partial charge on any atom is -0.325 e. The highest BCUT2D eigenvalue weighted by Gasteiger charge is 2.22. The zero-order valence-corrected chi connectivity index (χ0v) is 11.4. The van der Waals surface area contributed by atoms with Crippen LogP contribution >= 0.6 is 0 Å². The van der Waals surface area contributed by atoms with E-state index in [1.54, 1.807) is 12.1 Å². The Morgan fingerprint density at radius 1 is 1.26 bits per heavy atom. The number of hydrogen-bond acceptors (Lipinski definition) is 2. The van der Waals surface area contributed by atoms with Crippen LogP contribution in [0.5, 0.6) is 0 Å². The van der Waals surface area contributed by atoms with Crippen molar-refractivity contribution in [2.75, 3.05) is 18.4 Å². The molecule has 2 rings (SSSR count). The highest BCUT2D eigenvalue weighted by Crippen LogP contribution is 2.15. The molecule has 0 bridgehead atoms. The van der Waals surface area contributed by atoms with E-state index >= 15 is 0 Å². The van der Waals surface area contributed by atoms with Crippen molar-refractivity contribution in [1.82, 2.24) is 4.90 Å². The van der Waals surface area contributed by atoms with E-state index in [4.69, 9.17) is 0 Å². The Kier molecular flexibility index (Phi) is 4.91. The molecule has 1 aliphatic rings. The Labute approximate surface area is 113 Å². The Morgan fingerprint density at radius 2 is 1.95 bits per heavy atom. The van der Waals surface area contributed by atoms with E-state index in [0.29, 0.717) is 5.69 Å². The van der Waals surface area contributed by atoms with Gasteiger partial charge in [-0.15, -0.1) is 0 Å². The van der Waals surface area contributed by atoms with Gasteiger partial charge in [0.2, 0.25) is 5.91 Å². The van der Waals surface area contributed by atoms with Crippen molar-refractivity contribution in [1.29, 1.82) is 0 Å². The van der Waals surface area contributed by atoms with Gasteiger partial charge in [0.05, 0.1) is 6.04 Å². The Balaban J connectivity index is 1.94. The zero-order valence-electron chi connectivity index (χ0n) is 11.4. The van der Waals surface area contributed by atoms with Crippen LogP contribution in [0.1, 0.15) is 32.6 Å². The summed E-state index contributed by atoms with van der Waals surface area (Å²) in [5.74, 6) is -0.396. The van der Waals surface area contributed by atoms with E-state index < -0.39 is 0 Å². The number of hydrogen-bond donors (Lipinski definition) is 1. The van der Waals surface area contributed by atoms with Crippen molar-refractivity contribution in [3.63, 3.8) is 0 Å². The SMILES string of the molecule is C[C@@H](C(=O)Nc1cccc(F)c1)N1CCCCCC1. The maximum atomic E-state index is 13.1. The first-order valence-electron chi connectivity index (χ1n) is 6.97. The van der Waals surface area contributed by atoms with Gasteiger partial charge in [-0.2, -0.15) is 0 Å². The first-order valence-corrected chi connectivity index (χ1v) is 6.97. The van der Waals surface area contributed by atoms with Gasteiger partial charge < -0.3 is 5.32 Å². The molecule has 1 amide bonds. The van der Waals surface area contributed by atoms with Crippen LogP contribution in [0.4, 0.5) is 10.1 Å². The number of likely N-dealkylation sites (tertiary alicyclic amines) is 1. The van der Waals surface area contributed by atoms with E-state index in [0.717, 1.165) is 25.9 Å². The maximum Gasteiger partial charge on any atom is 0.241 e. The number of carbonyl (C=O) groups excluding carboxylic acids is 1. The number of benzene rings is 1. The van der Waals surface area contributed by atoms with Crippen LogP contribution in [-0.4, -0.2) is 29.9 Å². The second-order valence-electron chi connectivity index (χ2n) is 5.13. The molecule has 0 aromatic heterocycles. The number of amides is 1. The molecule has 1 atom stereocenters. The van der Waals surface area contributed by atoms with Gasteiger partial charge in [0.1, 0.15) is 5.82 Å². The molecule has 1 fully saturated rings. The summed E-state index contributed by atoms with van der Waals surface area (Å²) in [5.41, 5.74) is 0.520. The van der Waals surface area contributed by atoms with Crippen molar-refractivity contribution in [3.05, 3.63) is 30.1 Å². The molecule has 104 valence electrons. The van der Waals surface area contributed by atoms with Crippen LogP contribution in [0, 0.1) is 5.82 Å². The molecule has 0 aliphatic carbocycles. The molecular weight excluding hydrogens is 243 g/mol. The fourth-order valence-corrected chi connectivity index (χ4v) is 2.46. The van der Waals surface area contributed by atoms with E-state index in [2.05, 4.69) is 10.2 Å². The first kappa shape index (κ1) is 14.0. The minimum atomic E-state index is -0.333. The fourth-order valence-electron chi connectivity index (χ4n) is 2.46. The molecule has 0 spiro atoms. The predicted molar refractivity (Wildman–Crippen MR) is 74.5 cm³/mol. The zero-order chi connectivity index (χ0) is 13.7. The Bertz CT molecular complexity index is 428. The third-order valence-electron chi connectivity index (χ3n) is 3.66. The molecule has 1 aromatic rings. The topological polar surface area (TPSA) is 32.3 Å².